The summed E-state index contributed by atoms with van der Waals surface area (Å²) in [6, 6.07) is 20.2. The van der Waals surface area contributed by atoms with Gasteiger partial charge in [0.1, 0.15) is 0 Å². The number of allylic oxidation sites excluding steroid dienone is 1. The second kappa shape index (κ2) is 12.6. The smallest absolute Gasteiger partial charge is 0.227 e. The maximum Gasteiger partial charge on any atom is 0.227 e. The largest absolute Gasteiger partial charge is 0.493 e. The Morgan fingerprint density at radius 3 is 2.31 bits per heavy atom. The van der Waals surface area contributed by atoms with Crippen LogP contribution in [-0.4, -0.2) is 31.7 Å². The van der Waals surface area contributed by atoms with Crippen molar-refractivity contribution in [3.05, 3.63) is 94.7 Å². The first kappa shape index (κ1) is 29.1. The molecule has 0 bridgehead atoms. The van der Waals surface area contributed by atoms with E-state index in [0.717, 1.165) is 47.5 Å². The molecule has 7 nitrogen and oxygen atoms in total. The van der Waals surface area contributed by atoms with Crippen LogP contribution in [0.3, 0.4) is 0 Å². The molecule has 0 aromatic heterocycles. The van der Waals surface area contributed by atoms with E-state index in [1.54, 1.807) is 31.3 Å². The standard InChI is InChI=1S/C35H38N2O5/c1-5-6-7-12-33(40)37-29-11-9-8-10-27(29)36-28-19-26(25-17-18-31(41-3)32(21-25)42-4)20-30(39)34(28)35(37)24-15-13-23(14-16-24)22(2)38/h8-11,13-18,21,26,35-36H,5-7,12,19-20H2,1-4H3/t26-,35-/m0/s1. The first-order valence-corrected chi connectivity index (χ1v) is 14.6. The van der Waals surface area contributed by atoms with Gasteiger partial charge in [-0.3, -0.25) is 19.3 Å². The van der Waals surface area contributed by atoms with Crippen LogP contribution in [0.1, 0.15) is 85.8 Å². The summed E-state index contributed by atoms with van der Waals surface area (Å²) in [6.07, 6.45) is 4.01. The molecule has 0 unspecified atom stereocenters. The minimum atomic E-state index is -0.620. The summed E-state index contributed by atoms with van der Waals surface area (Å²) in [5, 5.41) is 3.58. The van der Waals surface area contributed by atoms with Crippen LogP contribution in [0.5, 0.6) is 11.5 Å². The van der Waals surface area contributed by atoms with E-state index in [2.05, 4.69) is 12.2 Å². The highest BCUT2D eigenvalue weighted by atomic mass is 16.5. The summed E-state index contributed by atoms with van der Waals surface area (Å²) in [7, 11) is 3.20. The second-order valence-corrected chi connectivity index (χ2v) is 11.0. The van der Waals surface area contributed by atoms with Gasteiger partial charge < -0.3 is 14.8 Å². The Labute approximate surface area is 247 Å². The fraction of sp³-hybridized carbons (Fsp3) is 0.343. The zero-order chi connectivity index (χ0) is 29.8. The van der Waals surface area contributed by atoms with E-state index in [9.17, 15) is 14.4 Å². The number of amides is 1. The summed E-state index contributed by atoms with van der Waals surface area (Å²) in [6.45, 7) is 3.64. The molecule has 0 saturated heterocycles. The summed E-state index contributed by atoms with van der Waals surface area (Å²) in [5.74, 6) is 1.10. The van der Waals surface area contributed by atoms with Crippen LogP contribution in [0.15, 0.2) is 78.0 Å². The van der Waals surface area contributed by atoms with Crippen LogP contribution < -0.4 is 19.7 Å². The van der Waals surface area contributed by atoms with E-state index in [1.165, 1.54) is 6.92 Å². The quantitative estimate of drug-likeness (QED) is 0.215. The molecule has 7 heteroatoms. The third kappa shape index (κ3) is 5.69. The van der Waals surface area contributed by atoms with E-state index in [1.807, 2.05) is 54.6 Å². The molecule has 0 fully saturated rings. The highest BCUT2D eigenvalue weighted by Crippen LogP contribution is 2.48. The van der Waals surface area contributed by atoms with E-state index < -0.39 is 6.04 Å². The van der Waals surface area contributed by atoms with Crippen LogP contribution in [0.2, 0.25) is 0 Å². The van der Waals surface area contributed by atoms with Gasteiger partial charge in [0.05, 0.1) is 31.6 Å². The van der Waals surface area contributed by atoms with Gasteiger partial charge in [0.15, 0.2) is 23.1 Å². The van der Waals surface area contributed by atoms with Crippen molar-refractivity contribution in [1.29, 1.82) is 0 Å². The molecular formula is C35H38N2O5. The summed E-state index contributed by atoms with van der Waals surface area (Å²) >= 11 is 0. The Hall–Kier alpha value is -4.39. The summed E-state index contributed by atoms with van der Waals surface area (Å²) in [5.41, 5.74) is 5.31. The van der Waals surface area contributed by atoms with Gasteiger partial charge in [-0.1, -0.05) is 62.2 Å². The highest BCUT2D eigenvalue weighted by molar-refractivity contribution is 6.06. The van der Waals surface area contributed by atoms with Crippen LogP contribution >= 0.6 is 0 Å². The van der Waals surface area contributed by atoms with Crippen LogP contribution in [0.4, 0.5) is 11.4 Å². The van der Waals surface area contributed by atoms with Crippen LogP contribution in [0.25, 0.3) is 0 Å². The maximum atomic E-state index is 14.2. The SMILES string of the molecule is CCCCCC(=O)N1c2ccccc2NC2=C(C(=O)C[C@@H](c3ccc(OC)c(OC)c3)C2)[C@@H]1c1ccc(C(C)=O)cc1. The third-order valence-electron chi connectivity index (χ3n) is 8.26. The second-order valence-electron chi connectivity index (χ2n) is 11.0. The van der Waals surface area contributed by atoms with Crippen molar-refractivity contribution >= 4 is 28.8 Å². The molecule has 0 saturated carbocycles. The fourth-order valence-corrected chi connectivity index (χ4v) is 6.07. The molecular weight excluding hydrogens is 528 g/mol. The number of rotatable bonds is 9. The monoisotopic (exact) mass is 566 g/mol. The molecule has 2 aliphatic rings. The number of methoxy groups -OCH3 is 2. The third-order valence-corrected chi connectivity index (χ3v) is 8.26. The molecule has 1 heterocycles. The van der Waals surface area contributed by atoms with E-state index in [-0.39, 0.29) is 23.4 Å². The number of hydrogen-bond donors (Lipinski definition) is 1. The number of anilines is 2. The van der Waals surface area contributed by atoms with Crippen LogP contribution in [0, 0.1) is 0 Å². The van der Waals surface area contributed by atoms with Gasteiger partial charge in [-0.15, -0.1) is 0 Å². The Kier molecular flexibility index (Phi) is 8.76. The number of nitrogens with zero attached hydrogens (tertiary/aromatic N) is 1. The number of unbranched alkanes of at least 4 members (excludes halogenated alkanes) is 2. The summed E-state index contributed by atoms with van der Waals surface area (Å²) in [4.78, 5) is 42.1. The zero-order valence-corrected chi connectivity index (χ0v) is 24.7. The molecule has 218 valence electrons. The van der Waals surface area contributed by atoms with Gasteiger partial charge in [-0.05, 0) is 61.1 Å². The Morgan fingerprint density at radius 1 is 0.905 bits per heavy atom. The average molecular weight is 567 g/mol. The predicted molar refractivity (Wildman–Crippen MR) is 164 cm³/mol. The lowest BCUT2D eigenvalue weighted by Crippen LogP contribution is -2.38. The van der Waals surface area contributed by atoms with Gasteiger partial charge in [0.25, 0.3) is 0 Å². The van der Waals surface area contributed by atoms with Gasteiger partial charge in [0.2, 0.25) is 5.91 Å². The Balaban J connectivity index is 1.65. The number of para-hydroxylation sites is 2. The molecule has 0 spiro atoms. The van der Waals surface area contributed by atoms with Crippen molar-refractivity contribution in [2.24, 2.45) is 0 Å². The van der Waals surface area contributed by atoms with E-state index >= 15 is 0 Å². The Bertz CT molecular complexity index is 1520. The van der Waals surface area contributed by atoms with Crippen molar-refractivity contribution in [2.75, 3.05) is 24.4 Å². The number of ether oxygens (including phenoxy) is 2. The fourth-order valence-electron chi connectivity index (χ4n) is 6.07. The van der Waals surface area contributed by atoms with E-state index in [4.69, 9.17) is 9.47 Å². The molecule has 1 amide bonds. The lowest BCUT2D eigenvalue weighted by atomic mass is 9.78. The molecule has 3 aromatic rings. The topological polar surface area (TPSA) is 84.9 Å². The minimum absolute atomic E-state index is 0.0108. The number of Topliss-reactive ketones (excluding diaryl/α,β-unsaturated/α-hetero) is 2. The van der Waals surface area contributed by atoms with Gasteiger partial charge in [-0.2, -0.15) is 0 Å². The van der Waals surface area contributed by atoms with Crippen molar-refractivity contribution in [3.63, 3.8) is 0 Å². The molecule has 1 aliphatic carbocycles. The number of ketones is 2. The molecule has 5 rings (SSSR count). The molecule has 3 aromatic carbocycles. The van der Waals surface area contributed by atoms with Crippen molar-refractivity contribution < 1.29 is 23.9 Å². The first-order valence-electron chi connectivity index (χ1n) is 14.6. The molecule has 42 heavy (non-hydrogen) atoms. The lowest BCUT2D eigenvalue weighted by Gasteiger charge is -2.35. The van der Waals surface area contributed by atoms with Crippen molar-refractivity contribution in [3.8, 4) is 11.5 Å². The van der Waals surface area contributed by atoms with Gasteiger partial charge in [0, 0.05) is 29.7 Å². The number of carbonyl (C=O) groups is 3. The van der Waals surface area contributed by atoms with Crippen molar-refractivity contribution in [1.82, 2.24) is 0 Å². The first-order chi connectivity index (χ1) is 20.4. The zero-order valence-electron chi connectivity index (χ0n) is 24.7. The van der Waals surface area contributed by atoms with Crippen LogP contribution in [-0.2, 0) is 9.59 Å². The molecule has 0 radical (unpaired) electrons. The lowest BCUT2D eigenvalue weighted by molar-refractivity contribution is -0.119. The molecule has 1 aliphatic heterocycles. The van der Waals surface area contributed by atoms with E-state index in [0.29, 0.717) is 41.9 Å². The predicted octanol–water partition coefficient (Wildman–Crippen LogP) is 7.39. The number of benzene rings is 3. The number of fused-ring (bicyclic) bond motifs is 1. The highest BCUT2D eigenvalue weighted by Gasteiger charge is 2.41. The number of hydrogen-bond acceptors (Lipinski definition) is 6. The normalized spacial score (nSPS) is 18.0. The van der Waals surface area contributed by atoms with Gasteiger partial charge in [-0.25, -0.2) is 0 Å². The molecule has 2 atom stereocenters. The number of carbonyl (C=O) groups excluding carboxylic acids is 3. The maximum absolute atomic E-state index is 14.2. The molecule has 1 N–H and O–H groups in total. The minimum Gasteiger partial charge on any atom is -0.493 e. The summed E-state index contributed by atoms with van der Waals surface area (Å²) < 4.78 is 11.0. The Morgan fingerprint density at radius 2 is 1.62 bits per heavy atom. The van der Waals surface area contributed by atoms with Gasteiger partial charge >= 0.3 is 0 Å². The van der Waals surface area contributed by atoms with Crippen molar-refractivity contribution in [2.45, 2.75) is 64.3 Å². The average Bonchev–Trinajstić information content (AvgIpc) is 3.15. The number of nitrogens with one attached hydrogen (secondary N) is 1.